The molecule has 0 unspecified atom stereocenters. The third-order valence-electron chi connectivity index (χ3n) is 3.75. The van der Waals surface area contributed by atoms with Crippen molar-refractivity contribution in [2.75, 3.05) is 19.8 Å². The van der Waals surface area contributed by atoms with Crippen molar-refractivity contribution in [3.05, 3.63) is 29.8 Å². The molecule has 1 saturated heterocycles. The van der Waals surface area contributed by atoms with Gasteiger partial charge in [-0.1, -0.05) is 19.1 Å². The molecule has 1 fully saturated rings. The molecular weight excluding hydrogens is 278 g/mol. The molecule has 2 rings (SSSR count). The van der Waals surface area contributed by atoms with Crippen molar-refractivity contribution in [2.45, 2.75) is 36.6 Å². The predicted molar refractivity (Wildman–Crippen MR) is 76.0 cm³/mol. The smallest absolute Gasteiger partial charge is 0.241 e. The van der Waals surface area contributed by atoms with E-state index in [0.717, 1.165) is 12.0 Å². The Morgan fingerprint density at radius 3 is 2.35 bits per heavy atom. The van der Waals surface area contributed by atoms with Crippen LogP contribution >= 0.6 is 0 Å². The van der Waals surface area contributed by atoms with Crippen LogP contribution in [0.3, 0.4) is 0 Å². The lowest BCUT2D eigenvalue weighted by Gasteiger charge is -2.35. The predicted octanol–water partition coefficient (Wildman–Crippen LogP) is 1.07. The highest BCUT2D eigenvalue weighted by Gasteiger charge is 2.36. The summed E-state index contributed by atoms with van der Waals surface area (Å²) in [5.74, 6) is 0. The summed E-state index contributed by atoms with van der Waals surface area (Å²) >= 11 is 0. The van der Waals surface area contributed by atoms with Crippen molar-refractivity contribution in [1.82, 2.24) is 4.72 Å². The zero-order chi connectivity index (χ0) is 14.6. The normalized spacial score (nSPS) is 18.9. The standard InChI is InChI=1S/C14H21NO4S/c1-2-12-3-5-13(6-4-12)20(17,18)15-14(11-16)7-9-19-10-8-14/h3-6,15-16H,2,7-11H2,1H3. The maximum atomic E-state index is 12.4. The maximum absolute atomic E-state index is 12.4. The van der Waals surface area contributed by atoms with Crippen LogP contribution < -0.4 is 4.72 Å². The lowest BCUT2D eigenvalue weighted by Crippen LogP contribution is -2.54. The van der Waals surface area contributed by atoms with Gasteiger partial charge in [-0.05, 0) is 37.0 Å². The molecule has 1 aliphatic rings. The van der Waals surface area contributed by atoms with Crippen LogP contribution in [0, 0.1) is 0 Å². The van der Waals surface area contributed by atoms with Crippen LogP contribution in [-0.2, 0) is 21.2 Å². The van der Waals surface area contributed by atoms with Crippen LogP contribution in [0.25, 0.3) is 0 Å². The third-order valence-corrected chi connectivity index (χ3v) is 5.34. The second-order valence-corrected chi connectivity index (χ2v) is 6.84. The Balaban J connectivity index is 2.20. The molecule has 20 heavy (non-hydrogen) atoms. The van der Waals surface area contributed by atoms with Gasteiger partial charge in [0.1, 0.15) is 0 Å². The largest absolute Gasteiger partial charge is 0.394 e. The minimum atomic E-state index is -3.62. The minimum Gasteiger partial charge on any atom is -0.394 e. The van der Waals surface area contributed by atoms with Gasteiger partial charge in [-0.15, -0.1) is 0 Å². The van der Waals surface area contributed by atoms with Gasteiger partial charge in [-0.2, -0.15) is 0 Å². The first kappa shape index (κ1) is 15.4. The molecule has 0 saturated carbocycles. The lowest BCUT2D eigenvalue weighted by molar-refractivity contribution is 0.0223. The number of sulfonamides is 1. The molecule has 0 radical (unpaired) electrons. The second kappa shape index (κ2) is 6.22. The van der Waals surface area contributed by atoms with Crippen molar-refractivity contribution >= 4 is 10.0 Å². The SMILES string of the molecule is CCc1ccc(S(=O)(=O)NC2(CO)CCOCC2)cc1. The summed E-state index contributed by atoms with van der Waals surface area (Å²) in [5.41, 5.74) is 0.285. The van der Waals surface area contributed by atoms with Crippen molar-refractivity contribution in [3.63, 3.8) is 0 Å². The molecule has 0 aromatic heterocycles. The van der Waals surface area contributed by atoms with E-state index >= 15 is 0 Å². The molecular formula is C14H21NO4S. The average molecular weight is 299 g/mol. The zero-order valence-electron chi connectivity index (χ0n) is 11.6. The Kier molecular flexibility index (Phi) is 4.80. The van der Waals surface area contributed by atoms with Crippen LogP contribution in [-0.4, -0.2) is 38.9 Å². The number of aryl methyl sites for hydroxylation is 1. The fourth-order valence-electron chi connectivity index (χ4n) is 2.30. The highest BCUT2D eigenvalue weighted by molar-refractivity contribution is 7.89. The Hall–Kier alpha value is -0.950. The summed E-state index contributed by atoms with van der Waals surface area (Å²) in [4.78, 5) is 0.231. The van der Waals surface area contributed by atoms with Gasteiger partial charge < -0.3 is 9.84 Å². The third kappa shape index (κ3) is 3.38. The fraction of sp³-hybridized carbons (Fsp3) is 0.571. The van der Waals surface area contributed by atoms with Crippen LogP contribution in [0.4, 0.5) is 0 Å². The fourth-order valence-corrected chi connectivity index (χ4v) is 3.75. The zero-order valence-corrected chi connectivity index (χ0v) is 12.4. The van der Waals surface area contributed by atoms with Crippen LogP contribution in [0.15, 0.2) is 29.2 Å². The van der Waals surface area contributed by atoms with Crippen LogP contribution in [0.2, 0.25) is 0 Å². The van der Waals surface area contributed by atoms with Gasteiger partial charge in [0, 0.05) is 13.2 Å². The quantitative estimate of drug-likeness (QED) is 0.853. The van der Waals surface area contributed by atoms with Gasteiger partial charge in [-0.3, -0.25) is 0 Å². The van der Waals surface area contributed by atoms with E-state index in [2.05, 4.69) is 4.72 Å². The van der Waals surface area contributed by atoms with E-state index < -0.39 is 15.6 Å². The Bertz CT molecular complexity index is 533. The molecule has 1 aromatic carbocycles. The Morgan fingerprint density at radius 1 is 1.25 bits per heavy atom. The molecule has 112 valence electrons. The lowest BCUT2D eigenvalue weighted by atomic mass is 9.93. The monoisotopic (exact) mass is 299 g/mol. The Labute approximate surface area is 120 Å². The van der Waals surface area contributed by atoms with Gasteiger partial charge in [-0.25, -0.2) is 13.1 Å². The number of hydrogen-bond donors (Lipinski definition) is 2. The van der Waals surface area contributed by atoms with E-state index in [0.29, 0.717) is 26.1 Å². The highest BCUT2D eigenvalue weighted by atomic mass is 32.2. The number of aliphatic hydroxyl groups is 1. The average Bonchev–Trinajstić information content (AvgIpc) is 2.48. The number of rotatable bonds is 5. The Morgan fingerprint density at radius 2 is 1.85 bits per heavy atom. The highest BCUT2D eigenvalue weighted by Crippen LogP contribution is 2.23. The molecule has 1 heterocycles. The van der Waals surface area contributed by atoms with Crippen LogP contribution in [0.5, 0.6) is 0 Å². The van der Waals surface area contributed by atoms with Gasteiger partial charge in [0.15, 0.2) is 0 Å². The minimum absolute atomic E-state index is 0.220. The van der Waals surface area contributed by atoms with Gasteiger partial charge in [0.2, 0.25) is 10.0 Å². The van der Waals surface area contributed by atoms with E-state index in [-0.39, 0.29) is 11.5 Å². The van der Waals surface area contributed by atoms with Crippen molar-refractivity contribution in [3.8, 4) is 0 Å². The van der Waals surface area contributed by atoms with Crippen molar-refractivity contribution < 1.29 is 18.3 Å². The summed E-state index contributed by atoms with van der Waals surface area (Å²) in [6, 6.07) is 6.82. The topological polar surface area (TPSA) is 75.6 Å². The first-order chi connectivity index (χ1) is 9.51. The summed E-state index contributed by atoms with van der Waals surface area (Å²) < 4.78 is 32.7. The summed E-state index contributed by atoms with van der Waals surface area (Å²) in [5, 5.41) is 9.55. The molecule has 0 atom stereocenters. The molecule has 0 amide bonds. The van der Waals surface area contributed by atoms with Gasteiger partial charge in [0.25, 0.3) is 0 Å². The summed E-state index contributed by atoms with van der Waals surface area (Å²) in [6.45, 7) is 2.71. The second-order valence-electron chi connectivity index (χ2n) is 5.15. The van der Waals surface area contributed by atoms with E-state index in [4.69, 9.17) is 4.74 Å². The number of aliphatic hydroxyl groups excluding tert-OH is 1. The van der Waals surface area contributed by atoms with E-state index in [1.807, 2.05) is 19.1 Å². The number of ether oxygens (including phenoxy) is 1. The molecule has 0 bridgehead atoms. The number of hydrogen-bond acceptors (Lipinski definition) is 4. The van der Waals surface area contributed by atoms with E-state index in [1.165, 1.54) is 0 Å². The number of nitrogens with one attached hydrogen (secondary N) is 1. The molecule has 1 aliphatic heterocycles. The molecule has 0 aliphatic carbocycles. The summed E-state index contributed by atoms with van der Waals surface area (Å²) in [6.07, 6.45) is 1.83. The number of benzene rings is 1. The molecule has 0 spiro atoms. The molecule has 5 nitrogen and oxygen atoms in total. The molecule has 1 aromatic rings. The van der Waals surface area contributed by atoms with E-state index in [9.17, 15) is 13.5 Å². The maximum Gasteiger partial charge on any atom is 0.241 e. The first-order valence-electron chi connectivity index (χ1n) is 6.83. The van der Waals surface area contributed by atoms with Crippen molar-refractivity contribution in [2.24, 2.45) is 0 Å². The first-order valence-corrected chi connectivity index (χ1v) is 8.31. The molecule has 6 heteroatoms. The van der Waals surface area contributed by atoms with Gasteiger partial charge in [0.05, 0.1) is 17.0 Å². The van der Waals surface area contributed by atoms with Crippen LogP contribution in [0.1, 0.15) is 25.3 Å². The summed E-state index contributed by atoms with van der Waals surface area (Å²) in [7, 11) is -3.62. The van der Waals surface area contributed by atoms with Crippen molar-refractivity contribution in [1.29, 1.82) is 0 Å². The van der Waals surface area contributed by atoms with Gasteiger partial charge >= 0.3 is 0 Å². The molecule has 2 N–H and O–H groups in total. The van der Waals surface area contributed by atoms with E-state index in [1.54, 1.807) is 12.1 Å².